The summed E-state index contributed by atoms with van der Waals surface area (Å²) in [6.45, 7) is 4.77. The molecule has 0 aliphatic carbocycles. The Labute approximate surface area is 58.7 Å². The van der Waals surface area contributed by atoms with E-state index < -0.39 is 18.4 Å². The molecule has 0 aromatic heterocycles. The van der Waals surface area contributed by atoms with E-state index in [1.165, 1.54) is 0 Å². The van der Waals surface area contributed by atoms with Crippen LogP contribution in [0.25, 0.3) is 0 Å². The van der Waals surface area contributed by atoms with Crippen molar-refractivity contribution in [3.8, 4) is 0 Å². The first-order valence-corrected chi connectivity index (χ1v) is 16.1. The van der Waals surface area contributed by atoms with Crippen molar-refractivity contribution in [2.24, 2.45) is 0 Å². The molecule has 0 bridgehead atoms. The van der Waals surface area contributed by atoms with Crippen molar-refractivity contribution in [1.29, 1.82) is 0 Å². The Morgan fingerprint density at radius 1 is 1.12 bits per heavy atom. The first-order valence-electron chi connectivity index (χ1n) is 3.06. The van der Waals surface area contributed by atoms with Gasteiger partial charge >= 0.3 is 58.6 Å². The molecule has 0 aromatic rings. The molecule has 0 N–H and O–H groups in total. The van der Waals surface area contributed by atoms with E-state index in [2.05, 4.69) is 28.1 Å². The number of hydrogen-bond donors (Lipinski definition) is 0. The third-order valence-corrected chi connectivity index (χ3v) is 15.9. The first-order chi connectivity index (χ1) is 3.42. The van der Waals surface area contributed by atoms with Crippen LogP contribution in [0.4, 0.5) is 0 Å². The van der Waals surface area contributed by atoms with Gasteiger partial charge in [-0.25, -0.2) is 0 Å². The normalized spacial score (nSPS) is 12.8. The number of rotatable bonds is 2. The Hall–Kier alpha value is 1.23. The van der Waals surface area contributed by atoms with Gasteiger partial charge in [-0.1, -0.05) is 0 Å². The van der Waals surface area contributed by atoms with Gasteiger partial charge in [0.1, 0.15) is 0 Å². The van der Waals surface area contributed by atoms with Crippen molar-refractivity contribution in [1.82, 2.24) is 0 Å². The van der Waals surface area contributed by atoms with E-state index in [9.17, 15) is 0 Å². The second kappa shape index (κ2) is 3.41. The molecule has 0 heterocycles. The molecule has 0 aliphatic heterocycles. The molecule has 0 rings (SSSR count). The summed E-state index contributed by atoms with van der Waals surface area (Å²) in [5.41, 5.74) is 0. The molecule has 0 nitrogen and oxygen atoms in total. The van der Waals surface area contributed by atoms with Crippen LogP contribution < -0.4 is 0 Å². The van der Waals surface area contributed by atoms with Gasteiger partial charge in [-0.2, -0.15) is 0 Å². The molecule has 8 heavy (non-hydrogen) atoms. The van der Waals surface area contributed by atoms with Crippen LogP contribution in [0, 0.1) is 0 Å². The summed E-state index contributed by atoms with van der Waals surface area (Å²) in [5, 5.41) is 0. The van der Waals surface area contributed by atoms with Crippen LogP contribution in [0.15, 0.2) is 0 Å². The zero-order chi connectivity index (χ0) is 6.78. The Bertz CT molecular complexity index is 63.4. The van der Waals surface area contributed by atoms with E-state index in [1.54, 1.807) is 4.18 Å². The van der Waals surface area contributed by atoms with Crippen LogP contribution in [-0.2, 0) is 0 Å². The van der Waals surface area contributed by atoms with Gasteiger partial charge in [0.15, 0.2) is 0 Å². The van der Waals surface area contributed by atoms with Crippen molar-refractivity contribution in [3.05, 3.63) is 0 Å². The van der Waals surface area contributed by atoms with Gasteiger partial charge in [0.25, 0.3) is 0 Å². The Balaban J connectivity index is 3.39. The molecule has 0 amide bonds. The monoisotopic (exact) mass is 240 g/mol. The quantitative estimate of drug-likeness (QED) is 0.513. The molecule has 0 saturated heterocycles. The molecule has 0 fully saturated rings. The van der Waals surface area contributed by atoms with Crippen molar-refractivity contribution >= 4 is 26.3 Å². The Kier molecular flexibility index (Phi) is 3.93. The van der Waals surface area contributed by atoms with E-state index in [4.69, 9.17) is 0 Å². The van der Waals surface area contributed by atoms with Gasteiger partial charge in [-0.15, -0.1) is 0 Å². The summed E-state index contributed by atoms with van der Waals surface area (Å²) in [7, 11) is 0.405. The van der Waals surface area contributed by atoms with Crippen LogP contribution in [0.3, 0.4) is 0 Å². The molecule has 50 valence electrons. The second-order valence-electron chi connectivity index (χ2n) is 3.80. The summed E-state index contributed by atoms with van der Waals surface area (Å²) in [6.07, 6.45) is 0. The average Bonchev–Trinajstić information content (AvgIpc) is 1.21. The topological polar surface area (TPSA) is 0 Å². The molecule has 0 saturated carbocycles. The minimum atomic E-state index is -1.33. The molecule has 0 aromatic carbocycles. The molecular weight excluding hydrogens is 222 g/mol. The molecular formula is C6H17PSn. The fraction of sp³-hybridized carbons (Fsp3) is 1.00. The van der Waals surface area contributed by atoms with Crippen LogP contribution in [-0.4, -0.2) is 35.9 Å². The van der Waals surface area contributed by atoms with Gasteiger partial charge in [-0.05, 0) is 0 Å². The SMILES string of the molecule is CP(C)[CH2][Sn]([CH3])([CH3])[CH3]. The second-order valence-corrected chi connectivity index (χ2v) is 23.6. The van der Waals surface area contributed by atoms with Crippen LogP contribution in [0.2, 0.25) is 14.8 Å². The fourth-order valence-corrected chi connectivity index (χ4v) is 19.1. The standard InChI is InChI=1S/C3H8P.3CH3.Sn/c1-4(2)3;;;;/h1H2,2-3H3;3*1H3;. The van der Waals surface area contributed by atoms with Crippen LogP contribution in [0.5, 0.6) is 0 Å². The third-order valence-electron chi connectivity index (χ3n) is 0.791. The van der Waals surface area contributed by atoms with Crippen LogP contribution in [0.1, 0.15) is 0 Å². The summed E-state index contributed by atoms with van der Waals surface area (Å²) < 4.78 is 1.60. The fourth-order valence-electron chi connectivity index (χ4n) is 0.949. The van der Waals surface area contributed by atoms with Gasteiger partial charge in [0, 0.05) is 0 Å². The Morgan fingerprint density at radius 3 is 1.50 bits per heavy atom. The van der Waals surface area contributed by atoms with E-state index in [-0.39, 0.29) is 0 Å². The molecule has 0 aliphatic rings. The summed E-state index contributed by atoms with van der Waals surface area (Å²) in [6, 6.07) is 0. The predicted octanol–water partition coefficient (Wildman–Crippen LogP) is 2.61. The molecule has 0 radical (unpaired) electrons. The first kappa shape index (κ1) is 9.23. The van der Waals surface area contributed by atoms with Crippen molar-refractivity contribution in [2.45, 2.75) is 14.8 Å². The molecule has 2 heteroatoms. The van der Waals surface area contributed by atoms with Gasteiger partial charge < -0.3 is 0 Å². The molecule has 0 unspecified atom stereocenters. The average molecular weight is 239 g/mol. The summed E-state index contributed by atoms with van der Waals surface area (Å²) >= 11 is -1.33. The van der Waals surface area contributed by atoms with E-state index >= 15 is 0 Å². The predicted molar refractivity (Wildman–Crippen MR) is 47.0 cm³/mol. The van der Waals surface area contributed by atoms with E-state index in [0.717, 1.165) is 0 Å². The van der Waals surface area contributed by atoms with Crippen molar-refractivity contribution in [3.63, 3.8) is 0 Å². The minimum absolute atomic E-state index is 0.405. The maximum atomic E-state index is 2.51. The third kappa shape index (κ3) is 7.23. The summed E-state index contributed by atoms with van der Waals surface area (Å²) in [5.74, 6) is 0. The Morgan fingerprint density at radius 2 is 1.50 bits per heavy atom. The zero-order valence-corrected chi connectivity index (χ0v) is 10.4. The number of hydrogen-bond acceptors (Lipinski definition) is 0. The van der Waals surface area contributed by atoms with Crippen molar-refractivity contribution in [2.75, 3.05) is 17.5 Å². The molecule has 0 spiro atoms. The summed E-state index contributed by atoms with van der Waals surface area (Å²) in [4.78, 5) is 7.53. The van der Waals surface area contributed by atoms with Crippen molar-refractivity contribution < 1.29 is 0 Å². The van der Waals surface area contributed by atoms with Gasteiger partial charge in [0.2, 0.25) is 0 Å². The van der Waals surface area contributed by atoms with Gasteiger partial charge in [0.05, 0.1) is 0 Å². The van der Waals surface area contributed by atoms with Crippen LogP contribution >= 0.6 is 7.92 Å². The van der Waals surface area contributed by atoms with Gasteiger partial charge in [-0.3, -0.25) is 0 Å². The van der Waals surface area contributed by atoms with E-state index in [0.29, 0.717) is 7.92 Å². The zero-order valence-electron chi connectivity index (χ0n) is 6.65. The maximum absolute atomic E-state index is 2.51. The molecule has 0 atom stereocenters. The van der Waals surface area contributed by atoms with E-state index in [1.807, 2.05) is 0 Å².